The van der Waals surface area contributed by atoms with E-state index >= 15 is 0 Å². The molecule has 0 radical (unpaired) electrons. The van der Waals surface area contributed by atoms with Crippen LogP contribution in [-0.2, 0) is 10.0 Å². The summed E-state index contributed by atoms with van der Waals surface area (Å²) in [6, 6.07) is 11.0. The molecule has 0 amide bonds. The Labute approximate surface area is 111 Å². The average Bonchev–Trinajstić information content (AvgIpc) is 2.39. The summed E-state index contributed by atoms with van der Waals surface area (Å²) in [7, 11) is -3.97. The van der Waals surface area contributed by atoms with Crippen LogP contribution in [0.15, 0.2) is 53.7 Å². The Morgan fingerprint density at radius 2 is 1.84 bits per heavy atom. The third-order valence-corrected chi connectivity index (χ3v) is 4.08. The van der Waals surface area contributed by atoms with Gasteiger partial charge in [-0.25, -0.2) is 22.5 Å². The number of sulfonamides is 1. The molecule has 0 aliphatic heterocycles. The van der Waals surface area contributed by atoms with Gasteiger partial charge in [0.15, 0.2) is 5.82 Å². The van der Waals surface area contributed by atoms with Crippen LogP contribution in [-0.4, -0.2) is 13.4 Å². The van der Waals surface area contributed by atoms with Gasteiger partial charge in [-0.2, -0.15) is 0 Å². The monoisotopic (exact) mass is 280 g/mol. The third-order valence-electron chi connectivity index (χ3n) is 2.61. The molecule has 4 nitrogen and oxygen atoms in total. The minimum atomic E-state index is -3.97. The Hall–Kier alpha value is -1.79. The number of nitrogens with zero attached hydrogens (tertiary/aromatic N) is 1. The van der Waals surface area contributed by atoms with Crippen LogP contribution >= 0.6 is 0 Å². The molecule has 2 aromatic rings. The maximum Gasteiger partial charge on any atom is 0.261 e. The molecule has 1 heterocycles. The molecule has 2 rings (SSSR count). The number of hydrogen-bond acceptors (Lipinski definition) is 3. The van der Waals surface area contributed by atoms with Crippen molar-refractivity contribution in [2.24, 2.45) is 0 Å². The quantitative estimate of drug-likeness (QED) is 0.934. The summed E-state index contributed by atoms with van der Waals surface area (Å²) >= 11 is 0. The van der Waals surface area contributed by atoms with Crippen molar-refractivity contribution in [1.29, 1.82) is 0 Å². The normalized spacial score (nSPS) is 13.2. The van der Waals surface area contributed by atoms with Gasteiger partial charge in [0.2, 0.25) is 5.03 Å². The highest BCUT2D eigenvalue weighted by Crippen LogP contribution is 2.16. The fourth-order valence-electron chi connectivity index (χ4n) is 1.67. The minimum absolute atomic E-state index is 0.465. The second-order valence-corrected chi connectivity index (χ2v) is 5.67. The van der Waals surface area contributed by atoms with Gasteiger partial charge in [-0.05, 0) is 24.6 Å². The number of halogens is 1. The van der Waals surface area contributed by atoms with Gasteiger partial charge in [0.05, 0.1) is 0 Å². The summed E-state index contributed by atoms with van der Waals surface area (Å²) in [5, 5.41) is -0.585. The highest BCUT2D eigenvalue weighted by molar-refractivity contribution is 7.89. The molecule has 1 N–H and O–H groups in total. The van der Waals surface area contributed by atoms with Gasteiger partial charge in [0.1, 0.15) is 0 Å². The fraction of sp³-hybridized carbons (Fsp3) is 0.154. The van der Waals surface area contributed by atoms with E-state index in [-0.39, 0.29) is 0 Å². The number of rotatable bonds is 4. The smallest absolute Gasteiger partial charge is 0.241 e. The van der Waals surface area contributed by atoms with Crippen LogP contribution in [0.4, 0.5) is 4.39 Å². The highest BCUT2D eigenvalue weighted by Gasteiger charge is 2.23. The first-order chi connectivity index (χ1) is 9.00. The molecule has 0 saturated carbocycles. The Balaban J connectivity index is 2.26. The largest absolute Gasteiger partial charge is 0.261 e. The van der Waals surface area contributed by atoms with E-state index in [0.29, 0.717) is 0 Å². The maximum atomic E-state index is 13.5. The molecule has 1 aromatic carbocycles. The molecule has 1 atom stereocenters. The van der Waals surface area contributed by atoms with Crippen molar-refractivity contribution >= 4 is 10.0 Å². The Morgan fingerprint density at radius 3 is 2.47 bits per heavy atom. The zero-order valence-corrected chi connectivity index (χ0v) is 11.1. The lowest BCUT2D eigenvalue weighted by molar-refractivity contribution is 0.536. The number of nitrogens with one attached hydrogen (secondary N) is 1. The van der Waals surface area contributed by atoms with E-state index in [1.807, 2.05) is 18.2 Å². The molecule has 0 aliphatic rings. The third kappa shape index (κ3) is 3.15. The molecule has 0 fully saturated rings. The van der Waals surface area contributed by atoms with Crippen LogP contribution in [0.1, 0.15) is 18.5 Å². The lowest BCUT2D eigenvalue weighted by Crippen LogP contribution is -2.28. The molecular weight excluding hydrogens is 267 g/mol. The van der Waals surface area contributed by atoms with Crippen LogP contribution in [0, 0.1) is 5.82 Å². The van der Waals surface area contributed by atoms with Gasteiger partial charge in [0.25, 0.3) is 10.0 Å². The van der Waals surface area contributed by atoms with Gasteiger partial charge >= 0.3 is 0 Å². The second kappa shape index (κ2) is 5.46. The first kappa shape index (κ1) is 13.6. The summed E-state index contributed by atoms with van der Waals surface area (Å²) in [6.45, 7) is 1.69. The molecule has 1 aromatic heterocycles. The van der Waals surface area contributed by atoms with Gasteiger partial charge in [-0.3, -0.25) is 0 Å². The molecule has 19 heavy (non-hydrogen) atoms. The zero-order valence-electron chi connectivity index (χ0n) is 10.2. The zero-order chi connectivity index (χ0) is 13.9. The number of benzene rings is 1. The number of aromatic nitrogens is 1. The molecular formula is C13H13FN2O2S. The predicted octanol–water partition coefficient (Wildman–Crippen LogP) is 2.26. The highest BCUT2D eigenvalue weighted by atomic mass is 32.2. The minimum Gasteiger partial charge on any atom is -0.241 e. The fourth-order valence-corrected chi connectivity index (χ4v) is 2.90. The van der Waals surface area contributed by atoms with E-state index in [2.05, 4.69) is 9.71 Å². The van der Waals surface area contributed by atoms with Gasteiger partial charge < -0.3 is 0 Å². The molecule has 0 saturated heterocycles. The van der Waals surface area contributed by atoms with E-state index in [1.54, 1.807) is 19.1 Å². The van der Waals surface area contributed by atoms with Crippen molar-refractivity contribution in [3.8, 4) is 0 Å². The molecule has 0 aliphatic carbocycles. The van der Waals surface area contributed by atoms with Crippen LogP contribution in [0.3, 0.4) is 0 Å². The topological polar surface area (TPSA) is 59.1 Å². The second-order valence-electron chi connectivity index (χ2n) is 4.04. The van der Waals surface area contributed by atoms with E-state index in [1.165, 1.54) is 12.3 Å². The molecule has 0 unspecified atom stereocenters. The maximum absolute atomic E-state index is 13.5. The Kier molecular flexibility index (Phi) is 3.92. The van der Waals surface area contributed by atoms with Crippen molar-refractivity contribution < 1.29 is 12.8 Å². The molecule has 6 heteroatoms. The van der Waals surface area contributed by atoms with Crippen molar-refractivity contribution in [2.45, 2.75) is 18.0 Å². The van der Waals surface area contributed by atoms with Crippen molar-refractivity contribution in [3.05, 3.63) is 60.0 Å². The summed E-state index contributed by atoms with van der Waals surface area (Å²) in [5.74, 6) is -0.865. The van der Waals surface area contributed by atoms with Crippen molar-refractivity contribution in [2.75, 3.05) is 0 Å². The van der Waals surface area contributed by atoms with Crippen LogP contribution < -0.4 is 4.72 Å². The van der Waals surface area contributed by atoms with E-state index in [9.17, 15) is 12.8 Å². The van der Waals surface area contributed by atoms with Crippen molar-refractivity contribution in [1.82, 2.24) is 9.71 Å². The summed E-state index contributed by atoms with van der Waals surface area (Å²) in [5.41, 5.74) is 0.794. The van der Waals surface area contributed by atoms with Gasteiger partial charge in [-0.1, -0.05) is 30.3 Å². The molecule has 100 valence electrons. The summed E-state index contributed by atoms with van der Waals surface area (Å²) < 4.78 is 39.9. The predicted molar refractivity (Wildman–Crippen MR) is 69.4 cm³/mol. The molecule has 0 spiro atoms. The SMILES string of the molecule is C[C@H](NS(=O)(=O)c1ncccc1F)c1ccccc1. The first-order valence-corrected chi connectivity index (χ1v) is 7.17. The number of pyridine rings is 1. The van der Waals surface area contributed by atoms with Crippen molar-refractivity contribution in [3.63, 3.8) is 0 Å². The van der Waals surface area contributed by atoms with Crippen LogP contribution in [0.25, 0.3) is 0 Å². The summed E-state index contributed by atoms with van der Waals surface area (Å²) in [4.78, 5) is 3.57. The van der Waals surface area contributed by atoms with Gasteiger partial charge in [-0.15, -0.1) is 0 Å². The summed E-state index contributed by atoms with van der Waals surface area (Å²) in [6.07, 6.45) is 1.24. The van der Waals surface area contributed by atoms with Crippen LogP contribution in [0.5, 0.6) is 0 Å². The lowest BCUT2D eigenvalue weighted by Gasteiger charge is -2.14. The Morgan fingerprint density at radius 1 is 1.16 bits per heavy atom. The standard InChI is InChI=1S/C13H13FN2O2S/c1-10(11-6-3-2-4-7-11)16-19(17,18)13-12(14)8-5-9-15-13/h2-10,16H,1H3/t10-/m0/s1. The lowest BCUT2D eigenvalue weighted by atomic mass is 10.1. The Bertz CT molecular complexity index is 659. The van der Waals surface area contributed by atoms with E-state index in [4.69, 9.17) is 0 Å². The first-order valence-electron chi connectivity index (χ1n) is 5.68. The van der Waals surface area contributed by atoms with Crippen LogP contribution in [0.2, 0.25) is 0 Å². The van der Waals surface area contributed by atoms with E-state index in [0.717, 1.165) is 11.6 Å². The number of hydrogen-bond donors (Lipinski definition) is 1. The van der Waals surface area contributed by atoms with E-state index < -0.39 is 26.9 Å². The van der Waals surface area contributed by atoms with Gasteiger partial charge in [0, 0.05) is 12.2 Å². The average molecular weight is 280 g/mol. The molecule has 0 bridgehead atoms.